The molecular weight excluding hydrogens is 346 g/mol. The van der Waals surface area contributed by atoms with Gasteiger partial charge in [0, 0.05) is 11.9 Å². The van der Waals surface area contributed by atoms with E-state index in [1.165, 1.54) is 23.5 Å². The van der Waals surface area contributed by atoms with E-state index in [2.05, 4.69) is 10.3 Å². The van der Waals surface area contributed by atoms with Crippen molar-refractivity contribution in [1.82, 2.24) is 10.3 Å². The van der Waals surface area contributed by atoms with Crippen molar-refractivity contribution in [2.45, 2.75) is 17.7 Å². The second-order valence-electron chi connectivity index (χ2n) is 4.56. The van der Waals surface area contributed by atoms with Crippen LogP contribution in [0.2, 0.25) is 4.47 Å². The number of hydrogen-bond acceptors (Lipinski definition) is 5. The van der Waals surface area contributed by atoms with Crippen LogP contribution in [-0.4, -0.2) is 25.9 Å². The molecule has 2 rings (SSSR count). The van der Waals surface area contributed by atoms with Crippen LogP contribution in [-0.2, 0) is 27.7 Å². The molecule has 0 radical (unpaired) electrons. The summed E-state index contributed by atoms with van der Waals surface area (Å²) in [4.78, 5) is 15.8. The summed E-state index contributed by atoms with van der Waals surface area (Å²) in [5.41, 5.74) is 1.55. The minimum atomic E-state index is -3.67. The lowest BCUT2D eigenvalue weighted by atomic mass is 10.1. The fraction of sp³-hybridized carbons (Fsp3) is 0.231. The van der Waals surface area contributed by atoms with Crippen LogP contribution in [0.5, 0.6) is 0 Å². The SMILES string of the molecule is NS(=O)(=O)c1ccc(CCNC(=O)Cc2csc(Cl)n2)cc1. The molecule has 0 spiro atoms. The van der Waals surface area contributed by atoms with Crippen molar-refractivity contribution in [3.63, 3.8) is 0 Å². The van der Waals surface area contributed by atoms with Gasteiger partial charge in [-0.1, -0.05) is 23.7 Å². The average Bonchev–Trinajstić information content (AvgIpc) is 2.83. The molecule has 1 aromatic heterocycles. The number of sulfonamides is 1. The van der Waals surface area contributed by atoms with Crippen molar-refractivity contribution < 1.29 is 13.2 Å². The average molecular weight is 360 g/mol. The van der Waals surface area contributed by atoms with Gasteiger partial charge in [-0.15, -0.1) is 11.3 Å². The lowest BCUT2D eigenvalue weighted by Gasteiger charge is -2.05. The summed E-state index contributed by atoms with van der Waals surface area (Å²) in [5.74, 6) is -0.136. The monoisotopic (exact) mass is 359 g/mol. The van der Waals surface area contributed by atoms with Gasteiger partial charge in [0.25, 0.3) is 0 Å². The van der Waals surface area contributed by atoms with Gasteiger partial charge in [0.2, 0.25) is 15.9 Å². The number of nitrogens with zero attached hydrogens (tertiary/aromatic N) is 1. The van der Waals surface area contributed by atoms with Crippen LogP contribution in [0.25, 0.3) is 0 Å². The Balaban J connectivity index is 1.79. The first kappa shape index (κ1) is 16.9. The number of nitrogens with two attached hydrogens (primary N) is 1. The highest BCUT2D eigenvalue weighted by atomic mass is 35.5. The highest BCUT2D eigenvalue weighted by molar-refractivity contribution is 7.89. The Kier molecular flexibility index (Phi) is 5.52. The number of thiazole rings is 1. The van der Waals surface area contributed by atoms with Gasteiger partial charge < -0.3 is 5.32 Å². The highest BCUT2D eigenvalue weighted by Crippen LogP contribution is 2.15. The summed E-state index contributed by atoms with van der Waals surface area (Å²) in [6.07, 6.45) is 0.780. The lowest BCUT2D eigenvalue weighted by Crippen LogP contribution is -2.27. The molecule has 0 saturated carbocycles. The van der Waals surface area contributed by atoms with Crippen LogP contribution < -0.4 is 10.5 Å². The number of nitrogens with one attached hydrogen (secondary N) is 1. The molecule has 0 bridgehead atoms. The number of amides is 1. The highest BCUT2D eigenvalue weighted by Gasteiger charge is 2.08. The summed E-state index contributed by atoms with van der Waals surface area (Å²) in [6, 6.07) is 6.24. The molecule has 1 aromatic carbocycles. The third-order valence-corrected chi connectivity index (χ3v) is 4.81. The van der Waals surface area contributed by atoms with Crippen LogP contribution in [0, 0.1) is 0 Å². The number of carbonyl (C=O) groups excluding carboxylic acids is 1. The maximum atomic E-state index is 11.7. The number of hydrogen-bond donors (Lipinski definition) is 2. The quantitative estimate of drug-likeness (QED) is 0.812. The third-order valence-electron chi connectivity index (χ3n) is 2.85. The zero-order valence-electron chi connectivity index (χ0n) is 11.5. The Labute approximate surface area is 137 Å². The smallest absolute Gasteiger partial charge is 0.238 e. The van der Waals surface area contributed by atoms with Crippen molar-refractivity contribution in [2.75, 3.05) is 6.54 Å². The predicted molar refractivity (Wildman–Crippen MR) is 85.4 cm³/mol. The number of rotatable bonds is 6. The zero-order valence-corrected chi connectivity index (χ0v) is 13.8. The van der Waals surface area contributed by atoms with Gasteiger partial charge in [-0.2, -0.15) is 0 Å². The first-order chi connectivity index (χ1) is 10.3. The summed E-state index contributed by atoms with van der Waals surface area (Å²) < 4.78 is 22.7. The molecule has 0 saturated heterocycles. The molecular formula is C13H14ClN3O3S2. The minimum absolute atomic E-state index is 0.0701. The van der Waals surface area contributed by atoms with Crippen LogP contribution in [0.15, 0.2) is 34.5 Å². The Hall–Kier alpha value is -1.48. The van der Waals surface area contributed by atoms with Crippen molar-refractivity contribution in [1.29, 1.82) is 0 Å². The summed E-state index contributed by atoms with van der Waals surface area (Å²) in [5, 5.41) is 9.54. The van der Waals surface area contributed by atoms with Crippen molar-refractivity contribution in [3.05, 3.63) is 45.4 Å². The molecule has 3 N–H and O–H groups in total. The molecule has 0 aliphatic carbocycles. The second-order valence-corrected chi connectivity index (χ2v) is 7.56. The molecule has 9 heteroatoms. The normalized spacial score (nSPS) is 11.4. The Bertz CT molecular complexity index is 757. The molecule has 0 unspecified atom stereocenters. The van der Waals surface area contributed by atoms with Gasteiger partial charge in [0.05, 0.1) is 17.0 Å². The van der Waals surface area contributed by atoms with Gasteiger partial charge >= 0.3 is 0 Å². The molecule has 0 aliphatic rings. The molecule has 2 aromatic rings. The minimum Gasteiger partial charge on any atom is -0.355 e. The molecule has 6 nitrogen and oxygen atoms in total. The third kappa shape index (κ3) is 5.06. The number of primary sulfonamides is 1. The van der Waals surface area contributed by atoms with E-state index in [1.807, 2.05) is 0 Å². The van der Waals surface area contributed by atoms with Crippen molar-refractivity contribution in [3.8, 4) is 0 Å². The van der Waals surface area contributed by atoms with Crippen LogP contribution in [0.4, 0.5) is 0 Å². The van der Waals surface area contributed by atoms with E-state index in [9.17, 15) is 13.2 Å². The number of aromatic nitrogens is 1. The maximum Gasteiger partial charge on any atom is 0.238 e. The van der Waals surface area contributed by atoms with E-state index in [4.69, 9.17) is 16.7 Å². The zero-order chi connectivity index (χ0) is 16.2. The lowest BCUT2D eigenvalue weighted by molar-refractivity contribution is -0.120. The van der Waals surface area contributed by atoms with E-state index in [0.717, 1.165) is 5.56 Å². The van der Waals surface area contributed by atoms with Crippen LogP contribution >= 0.6 is 22.9 Å². The van der Waals surface area contributed by atoms with E-state index in [1.54, 1.807) is 17.5 Å². The molecule has 22 heavy (non-hydrogen) atoms. The van der Waals surface area contributed by atoms with Crippen molar-refractivity contribution >= 4 is 38.9 Å². The first-order valence-electron chi connectivity index (χ1n) is 6.33. The summed E-state index contributed by atoms with van der Waals surface area (Å²) >= 11 is 6.98. The van der Waals surface area contributed by atoms with Crippen LogP contribution in [0.3, 0.4) is 0 Å². The largest absolute Gasteiger partial charge is 0.355 e. The summed E-state index contributed by atoms with van der Waals surface area (Å²) in [7, 11) is -3.67. The Morgan fingerprint density at radius 3 is 2.55 bits per heavy atom. The van der Waals surface area contributed by atoms with Gasteiger partial charge in [-0.05, 0) is 24.1 Å². The van der Waals surface area contributed by atoms with Gasteiger partial charge in [0.1, 0.15) is 0 Å². The maximum absolute atomic E-state index is 11.7. The number of carbonyl (C=O) groups is 1. The van der Waals surface area contributed by atoms with Gasteiger partial charge in [-0.25, -0.2) is 18.5 Å². The molecule has 0 fully saturated rings. The Morgan fingerprint density at radius 1 is 1.32 bits per heavy atom. The Morgan fingerprint density at radius 2 is 2.00 bits per heavy atom. The van der Waals surface area contributed by atoms with Gasteiger partial charge in [-0.3, -0.25) is 4.79 Å². The van der Waals surface area contributed by atoms with E-state index < -0.39 is 10.0 Å². The summed E-state index contributed by atoms with van der Waals surface area (Å²) in [6.45, 7) is 0.450. The standard InChI is InChI=1S/C13H14ClN3O3S2/c14-13-17-10(8-21-13)7-12(18)16-6-5-9-1-3-11(4-2-9)22(15,19)20/h1-4,8H,5-7H2,(H,16,18)(H2,15,19,20). The van der Waals surface area contributed by atoms with E-state index in [0.29, 0.717) is 23.1 Å². The second kappa shape index (κ2) is 7.19. The molecule has 0 atom stereocenters. The first-order valence-corrected chi connectivity index (χ1v) is 9.13. The molecule has 1 amide bonds. The van der Waals surface area contributed by atoms with E-state index in [-0.39, 0.29) is 17.2 Å². The van der Waals surface area contributed by atoms with Crippen molar-refractivity contribution in [2.24, 2.45) is 5.14 Å². The molecule has 118 valence electrons. The molecule has 0 aliphatic heterocycles. The fourth-order valence-electron chi connectivity index (χ4n) is 1.78. The number of halogens is 1. The van der Waals surface area contributed by atoms with Crippen LogP contribution in [0.1, 0.15) is 11.3 Å². The van der Waals surface area contributed by atoms with Gasteiger partial charge in [0.15, 0.2) is 4.47 Å². The molecule has 1 heterocycles. The fourth-order valence-corrected chi connectivity index (χ4v) is 3.08. The number of benzene rings is 1. The predicted octanol–water partition coefficient (Wildman–Crippen LogP) is 1.35. The topological polar surface area (TPSA) is 102 Å². The van der Waals surface area contributed by atoms with E-state index >= 15 is 0 Å².